The number of aromatic nitrogens is 4. The van der Waals surface area contributed by atoms with Crippen LogP contribution in [0.3, 0.4) is 0 Å². The maximum atomic E-state index is 13.2. The molecule has 5 rings (SSSR count). The largest absolute Gasteiger partial charge is 0.490 e. The molecule has 0 unspecified atom stereocenters. The van der Waals surface area contributed by atoms with Crippen LogP contribution in [0.15, 0.2) is 69.5 Å². The Morgan fingerprint density at radius 3 is 2.47 bits per heavy atom. The molecular weight excluding hydrogens is 611 g/mol. The van der Waals surface area contributed by atoms with Crippen LogP contribution in [-0.2, 0) is 15.6 Å². The molecule has 0 aliphatic carbocycles. The zero-order chi connectivity index (χ0) is 32.0. The highest BCUT2D eigenvalue weighted by Gasteiger charge is 2.26. The fraction of sp³-hybridized carbons (Fsp3) is 0.355. The number of nitrogens with zero attached hydrogens (tertiary/aromatic N) is 7. The second-order valence-electron chi connectivity index (χ2n) is 11.0. The van der Waals surface area contributed by atoms with Gasteiger partial charge in [-0.05, 0) is 68.7 Å². The normalized spacial score (nSPS) is 14.0. The van der Waals surface area contributed by atoms with E-state index in [1.54, 1.807) is 55.6 Å². The van der Waals surface area contributed by atoms with E-state index in [0.29, 0.717) is 39.5 Å². The van der Waals surface area contributed by atoms with Crippen molar-refractivity contribution in [1.29, 1.82) is 5.26 Å². The Morgan fingerprint density at radius 2 is 1.82 bits per heavy atom. The zero-order valence-corrected chi connectivity index (χ0v) is 27.5. The maximum Gasteiger partial charge on any atom is 0.204 e. The summed E-state index contributed by atoms with van der Waals surface area (Å²) in [7, 11) is 2.11. The third kappa shape index (κ3) is 8.12. The molecule has 236 valence electrons. The molecule has 0 amide bonds. The molecule has 2 aromatic heterocycles. The lowest BCUT2D eigenvalue weighted by Crippen LogP contribution is -2.48. The minimum Gasteiger partial charge on any atom is -0.490 e. The lowest BCUT2D eigenvalue weighted by atomic mass is 10.1. The summed E-state index contributed by atoms with van der Waals surface area (Å²) in [6, 6.07) is 17.3. The number of rotatable bonds is 12. The molecule has 0 spiro atoms. The summed E-state index contributed by atoms with van der Waals surface area (Å²) in [5.74, 6) is 2.06. The summed E-state index contributed by atoms with van der Waals surface area (Å²) in [6.07, 6.45) is 0. The van der Waals surface area contributed by atoms with Crippen molar-refractivity contribution in [2.45, 2.75) is 27.6 Å². The predicted octanol–water partition coefficient (Wildman–Crippen LogP) is 3.94. The number of benzene rings is 2. The van der Waals surface area contributed by atoms with E-state index in [9.17, 15) is 13.7 Å². The van der Waals surface area contributed by atoms with E-state index < -0.39 is 9.84 Å². The number of nitriles is 1. The molecule has 45 heavy (non-hydrogen) atoms. The Balaban J connectivity index is 1.39. The van der Waals surface area contributed by atoms with Gasteiger partial charge in [0.05, 0.1) is 29.4 Å². The summed E-state index contributed by atoms with van der Waals surface area (Å²) in [6.45, 7) is 7.30. The first-order valence-electron chi connectivity index (χ1n) is 14.5. The Labute approximate surface area is 268 Å². The Bertz CT molecular complexity index is 1760. The van der Waals surface area contributed by atoms with Gasteiger partial charge >= 0.3 is 0 Å². The molecule has 12 nitrogen and oxygen atoms in total. The molecule has 0 radical (unpaired) electrons. The van der Waals surface area contributed by atoms with Crippen LogP contribution in [0, 0.1) is 18.3 Å². The van der Waals surface area contributed by atoms with Crippen LogP contribution in [0.4, 0.5) is 17.5 Å². The van der Waals surface area contributed by atoms with Gasteiger partial charge in [0.1, 0.15) is 0 Å². The van der Waals surface area contributed by atoms with E-state index in [1.807, 2.05) is 13.0 Å². The number of hydrogen-bond donors (Lipinski definition) is 2. The standard InChI is InChI=1S/C31H37N9O3S2/c1-22-19-27(37-36-22)33-29-28(43-4)30(40-17-15-39(16-18-40)14-13-38(2)3)35-31(34-29)44-25-9-11-26(12-10-25)45(41,42)21-24-8-6-5-7-23(24)20-32/h5-12,19H,13-18,21H2,1-4H3,(H2,33,34,35,36,37). The van der Waals surface area contributed by atoms with E-state index in [-0.39, 0.29) is 10.6 Å². The summed E-state index contributed by atoms with van der Waals surface area (Å²) < 4.78 is 32.2. The maximum absolute atomic E-state index is 13.2. The number of aryl methyl sites for hydroxylation is 1. The Hall–Kier alpha value is -4.16. The molecule has 14 heteroatoms. The second-order valence-corrected chi connectivity index (χ2v) is 14.0. The summed E-state index contributed by atoms with van der Waals surface area (Å²) >= 11 is 1.33. The Morgan fingerprint density at radius 1 is 1.09 bits per heavy atom. The SMILES string of the molecule is COc1c(Nc2cc(C)[nH]n2)nc(Sc2ccc(S(=O)(=O)Cc3ccccc3C#N)cc2)nc1N1CCN(CCN(C)C)CC1. The number of ether oxygens (including phenoxy) is 1. The first kappa shape index (κ1) is 32.2. The van der Waals surface area contributed by atoms with Gasteiger partial charge in [0.15, 0.2) is 32.4 Å². The fourth-order valence-corrected chi connectivity index (χ4v) is 7.07. The number of H-pyrrole nitrogens is 1. The van der Waals surface area contributed by atoms with Crippen LogP contribution >= 0.6 is 11.8 Å². The first-order valence-corrected chi connectivity index (χ1v) is 17.0. The number of likely N-dealkylation sites (N-methyl/N-ethyl adjacent to an activating group) is 1. The van der Waals surface area contributed by atoms with Gasteiger partial charge in [-0.2, -0.15) is 10.4 Å². The number of nitrogens with one attached hydrogen (secondary N) is 2. The quantitative estimate of drug-likeness (QED) is 0.215. The number of sulfone groups is 1. The van der Waals surface area contributed by atoms with Gasteiger partial charge in [-0.15, -0.1) is 0 Å². The van der Waals surface area contributed by atoms with Crippen molar-refractivity contribution in [1.82, 2.24) is 30.0 Å². The minimum absolute atomic E-state index is 0.180. The van der Waals surface area contributed by atoms with E-state index in [2.05, 4.69) is 50.4 Å². The van der Waals surface area contributed by atoms with E-state index >= 15 is 0 Å². The van der Waals surface area contributed by atoms with Crippen LogP contribution in [0.5, 0.6) is 5.75 Å². The van der Waals surface area contributed by atoms with Crippen molar-refractivity contribution < 1.29 is 13.2 Å². The molecule has 0 bridgehead atoms. The van der Waals surface area contributed by atoms with Crippen molar-refractivity contribution in [3.05, 3.63) is 71.4 Å². The Kier molecular flexibility index (Phi) is 10.2. The van der Waals surface area contributed by atoms with Crippen LogP contribution in [-0.4, -0.2) is 98.9 Å². The molecule has 1 aliphatic rings. The summed E-state index contributed by atoms with van der Waals surface area (Å²) in [5.41, 5.74) is 1.73. The predicted molar refractivity (Wildman–Crippen MR) is 175 cm³/mol. The van der Waals surface area contributed by atoms with Crippen molar-refractivity contribution in [2.75, 3.05) is 70.7 Å². The smallest absolute Gasteiger partial charge is 0.204 e. The fourth-order valence-electron chi connectivity index (χ4n) is 4.94. The summed E-state index contributed by atoms with van der Waals surface area (Å²) in [5, 5.41) is 20.4. The lowest BCUT2D eigenvalue weighted by Gasteiger charge is -2.36. The van der Waals surface area contributed by atoms with E-state index in [4.69, 9.17) is 14.7 Å². The van der Waals surface area contributed by atoms with Gasteiger partial charge in [0.2, 0.25) is 5.75 Å². The minimum atomic E-state index is -3.66. The zero-order valence-electron chi connectivity index (χ0n) is 25.8. The third-order valence-corrected chi connectivity index (χ3v) is 9.95. The van der Waals surface area contributed by atoms with Crippen LogP contribution < -0.4 is 15.0 Å². The van der Waals surface area contributed by atoms with Crippen LogP contribution in [0.2, 0.25) is 0 Å². The monoisotopic (exact) mass is 647 g/mol. The molecule has 3 heterocycles. The van der Waals surface area contributed by atoms with E-state index in [1.165, 1.54) is 11.8 Å². The van der Waals surface area contributed by atoms with Crippen molar-refractivity contribution in [3.63, 3.8) is 0 Å². The second kappa shape index (κ2) is 14.3. The van der Waals surface area contributed by atoms with Gasteiger partial charge in [0, 0.05) is 55.9 Å². The third-order valence-electron chi connectivity index (χ3n) is 7.39. The summed E-state index contributed by atoms with van der Waals surface area (Å²) in [4.78, 5) is 17.5. The number of anilines is 3. The van der Waals surface area contributed by atoms with Crippen molar-refractivity contribution in [2.24, 2.45) is 0 Å². The van der Waals surface area contributed by atoms with Gasteiger partial charge in [-0.1, -0.05) is 18.2 Å². The molecular formula is C31H37N9O3S2. The molecule has 0 atom stereocenters. The highest BCUT2D eigenvalue weighted by molar-refractivity contribution is 7.99. The molecule has 1 aliphatic heterocycles. The number of aromatic amines is 1. The number of piperazine rings is 1. The van der Waals surface area contributed by atoms with Crippen LogP contribution in [0.25, 0.3) is 0 Å². The number of hydrogen-bond acceptors (Lipinski definition) is 12. The molecule has 1 saturated heterocycles. The highest BCUT2D eigenvalue weighted by atomic mass is 32.2. The number of methoxy groups -OCH3 is 1. The average molecular weight is 648 g/mol. The molecule has 2 aromatic carbocycles. The van der Waals surface area contributed by atoms with Gasteiger partial charge in [-0.25, -0.2) is 18.4 Å². The molecule has 1 fully saturated rings. The topological polar surface area (TPSA) is 143 Å². The van der Waals surface area contributed by atoms with Crippen molar-refractivity contribution in [3.8, 4) is 11.8 Å². The van der Waals surface area contributed by atoms with Gasteiger partial charge in [0.25, 0.3) is 0 Å². The average Bonchev–Trinajstić information content (AvgIpc) is 3.44. The molecule has 0 saturated carbocycles. The molecule has 4 aromatic rings. The van der Waals surface area contributed by atoms with Gasteiger partial charge in [-0.3, -0.25) is 10.00 Å². The molecule has 2 N–H and O–H groups in total. The van der Waals surface area contributed by atoms with E-state index in [0.717, 1.165) is 49.9 Å². The first-order chi connectivity index (χ1) is 21.6. The van der Waals surface area contributed by atoms with Crippen molar-refractivity contribution >= 4 is 39.1 Å². The van der Waals surface area contributed by atoms with Crippen LogP contribution in [0.1, 0.15) is 16.8 Å². The van der Waals surface area contributed by atoms with Gasteiger partial charge < -0.3 is 19.9 Å². The highest BCUT2D eigenvalue weighted by Crippen LogP contribution is 2.38. The lowest BCUT2D eigenvalue weighted by molar-refractivity contribution is 0.228.